The Morgan fingerprint density at radius 2 is 2.04 bits per heavy atom. The monoisotopic (exact) mass is 404 g/mol. The van der Waals surface area contributed by atoms with Gasteiger partial charge in [-0.15, -0.1) is 16.4 Å². The van der Waals surface area contributed by atoms with E-state index in [2.05, 4.69) is 10.1 Å². The summed E-state index contributed by atoms with van der Waals surface area (Å²) in [5.41, 5.74) is 0.369. The smallest absolute Gasteiger partial charge is 0.270 e. The summed E-state index contributed by atoms with van der Waals surface area (Å²) in [5, 5.41) is 6.06. The maximum atomic E-state index is 12.9. The number of Topliss-reactive ketones (excluding diaryl/α,β-unsaturated/α-hetero) is 1. The van der Waals surface area contributed by atoms with Crippen LogP contribution in [0.4, 0.5) is 0 Å². The van der Waals surface area contributed by atoms with Crippen LogP contribution in [0.15, 0.2) is 40.3 Å². The molecule has 0 radical (unpaired) electrons. The molecule has 6 nitrogen and oxygen atoms in total. The number of nitrogens with zero attached hydrogens (tertiary/aromatic N) is 4. The Bertz CT molecular complexity index is 1210. The molecule has 3 aromatic heterocycles. The highest BCUT2D eigenvalue weighted by Crippen LogP contribution is 2.23. The summed E-state index contributed by atoms with van der Waals surface area (Å²) in [4.78, 5) is 31.7. The van der Waals surface area contributed by atoms with Gasteiger partial charge in [-0.05, 0) is 43.5 Å². The number of fused-ring (bicyclic) bond motifs is 2. The lowest BCUT2D eigenvalue weighted by Gasteiger charge is -2.02. The van der Waals surface area contributed by atoms with Crippen molar-refractivity contribution >= 4 is 56.5 Å². The highest BCUT2D eigenvalue weighted by atomic mass is 35.5. The Kier molecular flexibility index (Phi) is 4.34. The predicted octanol–water partition coefficient (Wildman–Crippen LogP) is 3.67. The normalized spacial score (nSPS) is 11.5. The summed E-state index contributed by atoms with van der Waals surface area (Å²) in [5.74, 6) is 0.243. The average Bonchev–Trinajstić information content (AvgIpc) is 3.16. The van der Waals surface area contributed by atoms with Gasteiger partial charge >= 0.3 is 0 Å². The van der Waals surface area contributed by atoms with Crippen LogP contribution in [0.2, 0.25) is 5.02 Å². The number of carbonyl (C=O) groups is 1. The highest BCUT2D eigenvalue weighted by molar-refractivity contribution is 7.98. The topological polar surface area (TPSA) is 69.3 Å². The minimum absolute atomic E-state index is 0.00596. The molecule has 9 heteroatoms. The number of thioether (sulfide) groups is 1. The van der Waals surface area contributed by atoms with Gasteiger partial charge in [0.05, 0.1) is 5.39 Å². The van der Waals surface area contributed by atoms with Crippen molar-refractivity contribution in [2.24, 2.45) is 0 Å². The van der Waals surface area contributed by atoms with Gasteiger partial charge in [-0.2, -0.15) is 0 Å². The summed E-state index contributed by atoms with van der Waals surface area (Å²) in [6.45, 7) is 1.93. The Morgan fingerprint density at radius 3 is 2.73 bits per heavy atom. The molecule has 0 fully saturated rings. The number of carbonyl (C=O) groups excluding carboxylic acids is 1. The van der Waals surface area contributed by atoms with Crippen LogP contribution >= 0.6 is 34.7 Å². The highest BCUT2D eigenvalue weighted by Gasteiger charge is 2.19. The molecule has 4 rings (SSSR count). The minimum atomic E-state index is -0.163. The Labute approximate surface area is 161 Å². The Balaban J connectivity index is 1.85. The van der Waals surface area contributed by atoms with Crippen molar-refractivity contribution in [1.82, 2.24) is 19.2 Å². The second-order valence-corrected chi connectivity index (χ2v) is 8.15. The maximum absolute atomic E-state index is 12.9. The van der Waals surface area contributed by atoms with Crippen molar-refractivity contribution in [2.45, 2.75) is 18.6 Å². The number of aryl methyl sites for hydroxylation is 1. The molecule has 1 aromatic carbocycles. The van der Waals surface area contributed by atoms with Crippen LogP contribution in [0.1, 0.15) is 15.2 Å². The van der Waals surface area contributed by atoms with Crippen molar-refractivity contribution in [3.8, 4) is 0 Å². The first-order valence-corrected chi connectivity index (χ1v) is 10.1. The number of hydrogen-bond acceptors (Lipinski definition) is 6. The second kappa shape index (κ2) is 6.53. The average molecular weight is 405 g/mol. The van der Waals surface area contributed by atoms with Gasteiger partial charge < -0.3 is 0 Å². The number of aromatic nitrogens is 4. The standard InChI is InChI=1S/C17H13ClN4O2S2/c1-9-7-12-14(26-9)19-16-21(20-17(25-2)22(16)15(12)24)8-13(23)10-3-5-11(18)6-4-10/h3-7H,8H2,1-2H3. The zero-order valence-corrected chi connectivity index (χ0v) is 16.3. The third-order valence-corrected chi connectivity index (χ3v) is 5.77. The van der Waals surface area contributed by atoms with E-state index in [1.165, 1.54) is 32.2 Å². The molecular weight excluding hydrogens is 392 g/mol. The first kappa shape index (κ1) is 17.3. The van der Waals surface area contributed by atoms with E-state index in [0.29, 0.717) is 31.7 Å². The number of rotatable bonds is 4. The molecule has 0 aliphatic rings. The second-order valence-electron chi connectivity index (χ2n) is 5.70. The molecule has 0 spiro atoms. The van der Waals surface area contributed by atoms with Crippen LogP contribution in [0, 0.1) is 6.92 Å². The zero-order valence-electron chi connectivity index (χ0n) is 13.9. The maximum Gasteiger partial charge on any atom is 0.270 e. The van der Waals surface area contributed by atoms with Crippen LogP contribution in [-0.2, 0) is 6.54 Å². The Morgan fingerprint density at radius 1 is 1.31 bits per heavy atom. The molecule has 0 unspecified atom stereocenters. The fraction of sp³-hybridized carbons (Fsp3) is 0.176. The quantitative estimate of drug-likeness (QED) is 0.383. The van der Waals surface area contributed by atoms with Crippen LogP contribution in [-0.4, -0.2) is 31.2 Å². The molecule has 0 aliphatic carbocycles. The largest absolute Gasteiger partial charge is 0.292 e. The number of hydrogen-bond donors (Lipinski definition) is 0. The molecule has 3 heterocycles. The minimum Gasteiger partial charge on any atom is -0.292 e. The molecule has 0 aliphatic heterocycles. The summed E-state index contributed by atoms with van der Waals surface area (Å²) in [7, 11) is 0. The van der Waals surface area contributed by atoms with E-state index in [9.17, 15) is 9.59 Å². The molecule has 4 aromatic rings. The fourth-order valence-electron chi connectivity index (χ4n) is 2.73. The first-order valence-electron chi connectivity index (χ1n) is 7.70. The van der Waals surface area contributed by atoms with Crippen LogP contribution in [0.3, 0.4) is 0 Å². The molecule has 0 saturated carbocycles. The van der Waals surface area contributed by atoms with Crippen molar-refractivity contribution in [3.63, 3.8) is 0 Å². The number of benzene rings is 1. The third kappa shape index (κ3) is 2.84. The molecule has 0 saturated heterocycles. The fourth-order valence-corrected chi connectivity index (χ4v) is 4.25. The van der Waals surface area contributed by atoms with Crippen molar-refractivity contribution in [2.75, 3.05) is 6.26 Å². The van der Waals surface area contributed by atoms with Crippen LogP contribution < -0.4 is 5.56 Å². The van der Waals surface area contributed by atoms with E-state index in [0.717, 1.165) is 4.88 Å². The lowest BCUT2D eigenvalue weighted by molar-refractivity contribution is 0.0968. The van der Waals surface area contributed by atoms with Crippen molar-refractivity contribution in [3.05, 3.63) is 56.1 Å². The lowest BCUT2D eigenvalue weighted by atomic mass is 10.1. The SMILES string of the molecule is CSc1nn(CC(=O)c2ccc(Cl)cc2)c2nc3sc(C)cc3c(=O)n12. The number of ketones is 1. The van der Waals surface area contributed by atoms with Gasteiger partial charge in [0.1, 0.15) is 11.4 Å². The van der Waals surface area contributed by atoms with Crippen LogP contribution in [0.25, 0.3) is 16.0 Å². The summed E-state index contributed by atoms with van der Waals surface area (Å²) < 4.78 is 2.95. The van der Waals surface area contributed by atoms with Gasteiger partial charge in [0.15, 0.2) is 10.9 Å². The van der Waals surface area contributed by atoms with Crippen molar-refractivity contribution in [1.29, 1.82) is 0 Å². The molecule has 132 valence electrons. The molecule has 0 amide bonds. The van der Waals surface area contributed by atoms with Gasteiger partial charge in [0, 0.05) is 15.5 Å². The third-order valence-electron chi connectivity index (χ3n) is 3.94. The van der Waals surface area contributed by atoms with Crippen LogP contribution in [0.5, 0.6) is 0 Å². The summed E-state index contributed by atoms with van der Waals surface area (Å²) >= 11 is 8.66. The van der Waals surface area contributed by atoms with Gasteiger partial charge in [0.25, 0.3) is 5.56 Å². The van der Waals surface area contributed by atoms with E-state index in [-0.39, 0.29) is 17.9 Å². The van der Waals surface area contributed by atoms with Gasteiger partial charge in [-0.25, -0.2) is 14.1 Å². The van der Waals surface area contributed by atoms with Gasteiger partial charge in [0.2, 0.25) is 5.78 Å². The molecule has 0 atom stereocenters. The number of halogens is 1. The summed E-state index contributed by atoms with van der Waals surface area (Å²) in [6, 6.07) is 8.52. The van der Waals surface area contributed by atoms with E-state index >= 15 is 0 Å². The van der Waals surface area contributed by atoms with Crippen molar-refractivity contribution < 1.29 is 4.79 Å². The van der Waals surface area contributed by atoms with E-state index < -0.39 is 0 Å². The number of thiophene rings is 1. The Hall–Kier alpha value is -2.16. The van der Waals surface area contributed by atoms with E-state index in [1.54, 1.807) is 24.3 Å². The van der Waals surface area contributed by atoms with Gasteiger partial charge in [-0.3, -0.25) is 9.59 Å². The van der Waals surface area contributed by atoms with E-state index in [4.69, 9.17) is 11.6 Å². The molecule has 26 heavy (non-hydrogen) atoms. The molecule has 0 N–H and O–H groups in total. The molecule has 0 bridgehead atoms. The van der Waals surface area contributed by atoms with E-state index in [1.807, 2.05) is 19.2 Å². The predicted molar refractivity (Wildman–Crippen MR) is 105 cm³/mol. The lowest BCUT2D eigenvalue weighted by Crippen LogP contribution is -2.17. The summed E-state index contributed by atoms with van der Waals surface area (Å²) in [6.07, 6.45) is 1.84. The molecular formula is C17H13ClN4O2S2. The first-order chi connectivity index (χ1) is 12.5. The van der Waals surface area contributed by atoms with Gasteiger partial charge in [-0.1, -0.05) is 23.4 Å². The zero-order chi connectivity index (χ0) is 18.4.